The molecule has 0 amide bonds. The minimum Gasteiger partial charge on any atom is -0.292 e. The quantitative estimate of drug-likeness (QED) is 0.357. The predicted molar refractivity (Wildman–Crippen MR) is 98.8 cm³/mol. The number of benzene rings is 1. The lowest BCUT2D eigenvalue weighted by Crippen LogP contribution is -2.33. The molecule has 0 aliphatic heterocycles. The Morgan fingerprint density at radius 2 is 1.45 bits per heavy atom. The van der Waals surface area contributed by atoms with Crippen LogP contribution >= 0.6 is 0 Å². The maximum absolute atomic E-state index is 13.0. The van der Waals surface area contributed by atoms with Gasteiger partial charge in [0.15, 0.2) is 5.78 Å². The van der Waals surface area contributed by atoms with Crippen LogP contribution in [0.15, 0.2) is 30.3 Å². The lowest BCUT2D eigenvalue weighted by Gasteiger charge is -2.26. The second-order valence-corrected chi connectivity index (χ2v) is 11.0. The minimum absolute atomic E-state index is 0.191. The summed E-state index contributed by atoms with van der Waals surface area (Å²) in [5.41, 5.74) is 3.92. The third-order valence-electron chi connectivity index (χ3n) is 5.28. The first kappa shape index (κ1) is 18.7. The van der Waals surface area contributed by atoms with E-state index in [1.807, 2.05) is 30.3 Å². The zero-order valence-corrected chi connectivity index (χ0v) is 15.8. The van der Waals surface area contributed by atoms with Gasteiger partial charge in [0.05, 0.1) is 5.41 Å². The highest BCUT2D eigenvalue weighted by atomic mass is 28.3. The van der Waals surface area contributed by atoms with Crippen LogP contribution < -0.4 is 0 Å². The monoisotopic (exact) mass is 314 g/mol. The summed E-state index contributed by atoms with van der Waals surface area (Å²) in [5, 5.41) is 0. The zero-order valence-electron chi connectivity index (χ0n) is 14.8. The van der Waals surface area contributed by atoms with Crippen LogP contribution in [0.5, 0.6) is 0 Å². The molecule has 1 rings (SSSR count). The molecule has 0 saturated carbocycles. The van der Waals surface area contributed by atoms with E-state index in [9.17, 15) is 4.79 Å². The number of ketones is 1. The fraction of sp³-hybridized carbons (Fsp3) is 0.550. The smallest absolute Gasteiger partial charge is 0.180 e. The third kappa shape index (κ3) is 3.90. The molecule has 1 aromatic rings. The second kappa shape index (κ2) is 8.34. The van der Waals surface area contributed by atoms with E-state index in [0.29, 0.717) is 0 Å². The Kier molecular flexibility index (Phi) is 7.09. The zero-order chi connectivity index (χ0) is 16.6. The van der Waals surface area contributed by atoms with Gasteiger partial charge in [-0.25, -0.2) is 0 Å². The van der Waals surface area contributed by atoms with Crippen molar-refractivity contribution in [2.75, 3.05) is 0 Å². The van der Waals surface area contributed by atoms with Gasteiger partial charge in [-0.1, -0.05) is 70.9 Å². The summed E-state index contributed by atoms with van der Waals surface area (Å²) in [7, 11) is -1.52. The minimum atomic E-state index is -1.52. The first-order valence-electron chi connectivity index (χ1n) is 8.67. The molecule has 120 valence electrons. The van der Waals surface area contributed by atoms with E-state index in [1.54, 1.807) is 0 Å². The second-order valence-electron chi connectivity index (χ2n) is 6.08. The van der Waals surface area contributed by atoms with Gasteiger partial charge in [0, 0.05) is 5.56 Å². The molecule has 1 aromatic carbocycles. The standard InChI is InChI=1S/C20H30OSi/c1-6-20(7-2,16-17-22(8-3,9-4)10-5)19(21)18-14-12-11-13-15-18/h11-15H,6-10H2,1-5H3. The number of rotatable bonds is 7. The highest BCUT2D eigenvalue weighted by molar-refractivity contribution is 6.87. The highest BCUT2D eigenvalue weighted by Crippen LogP contribution is 2.31. The number of carbonyl (C=O) groups is 1. The van der Waals surface area contributed by atoms with Gasteiger partial charge in [-0.05, 0) is 31.0 Å². The van der Waals surface area contributed by atoms with E-state index in [2.05, 4.69) is 46.1 Å². The summed E-state index contributed by atoms with van der Waals surface area (Å²) in [6.07, 6.45) is 1.57. The summed E-state index contributed by atoms with van der Waals surface area (Å²) >= 11 is 0. The normalized spacial score (nSPS) is 11.7. The number of hydrogen-bond donors (Lipinski definition) is 0. The molecule has 1 nitrogen and oxygen atoms in total. The number of Topliss-reactive ketones (excluding diaryl/α,β-unsaturated/α-hetero) is 1. The van der Waals surface area contributed by atoms with Gasteiger partial charge >= 0.3 is 0 Å². The average Bonchev–Trinajstić information content (AvgIpc) is 2.60. The molecule has 0 spiro atoms. The maximum atomic E-state index is 13.0. The van der Waals surface area contributed by atoms with Crippen molar-refractivity contribution in [2.45, 2.75) is 65.6 Å². The summed E-state index contributed by atoms with van der Waals surface area (Å²) in [4.78, 5) is 13.0. The van der Waals surface area contributed by atoms with Crippen molar-refractivity contribution in [3.05, 3.63) is 35.9 Å². The predicted octanol–water partition coefficient (Wildman–Crippen LogP) is 5.73. The Balaban J connectivity index is 3.26. The van der Waals surface area contributed by atoms with Gasteiger partial charge in [0.2, 0.25) is 0 Å². The Hall–Kier alpha value is -1.33. The Labute approximate surface area is 137 Å². The van der Waals surface area contributed by atoms with Gasteiger partial charge in [0.1, 0.15) is 8.07 Å². The van der Waals surface area contributed by atoms with Crippen molar-refractivity contribution in [1.82, 2.24) is 0 Å². The Morgan fingerprint density at radius 1 is 0.955 bits per heavy atom. The van der Waals surface area contributed by atoms with Crippen LogP contribution in [0.2, 0.25) is 18.1 Å². The van der Waals surface area contributed by atoms with Crippen molar-refractivity contribution >= 4 is 13.9 Å². The first-order chi connectivity index (χ1) is 10.5. The van der Waals surface area contributed by atoms with Gasteiger partial charge in [-0.15, -0.1) is 5.54 Å². The van der Waals surface area contributed by atoms with E-state index in [0.717, 1.165) is 18.4 Å². The molecule has 0 radical (unpaired) electrons. The Morgan fingerprint density at radius 3 is 1.86 bits per heavy atom. The van der Waals surface area contributed by atoms with Gasteiger partial charge in [-0.2, -0.15) is 0 Å². The van der Waals surface area contributed by atoms with Crippen LogP contribution in [0, 0.1) is 16.9 Å². The first-order valence-corrected chi connectivity index (χ1v) is 11.3. The molecule has 22 heavy (non-hydrogen) atoms. The molecule has 2 heteroatoms. The summed E-state index contributed by atoms with van der Waals surface area (Å²) in [5.74, 6) is 3.68. The highest BCUT2D eigenvalue weighted by Gasteiger charge is 2.34. The van der Waals surface area contributed by atoms with Crippen molar-refractivity contribution < 1.29 is 4.79 Å². The largest absolute Gasteiger partial charge is 0.292 e. The van der Waals surface area contributed by atoms with Crippen molar-refractivity contribution in [3.8, 4) is 11.5 Å². The fourth-order valence-electron chi connectivity index (χ4n) is 2.94. The number of carbonyl (C=O) groups excluding carboxylic acids is 1. The molecule has 0 aromatic heterocycles. The lowest BCUT2D eigenvalue weighted by molar-refractivity contribution is 0.0852. The molecule has 0 heterocycles. The molecule has 0 saturated heterocycles. The fourth-order valence-corrected chi connectivity index (χ4v) is 5.47. The summed E-state index contributed by atoms with van der Waals surface area (Å²) < 4.78 is 0. The molecule has 0 atom stereocenters. The maximum Gasteiger partial charge on any atom is 0.180 e. The molecular weight excluding hydrogens is 284 g/mol. The molecular formula is C20H30OSi. The molecule has 0 aliphatic carbocycles. The molecule has 0 fully saturated rings. The van der Waals surface area contributed by atoms with Crippen LogP contribution in [0.1, 0.15) is 57.8 Å². The van der Waals surface area contributed by atoms with Crippen LogP contribution in [-0.2, 0) is 0 Å². The molecule has 0 aliphatic rings. The molecule has 0 unspecified atom stereocenters. The SMILES string of the molecule is CCC(C#C[Si](CC)(CC)CC)(CC)C(=O)c1ccccc1. The van der Waals surface area contributed by atoms with Crippen LogP contribution in [0.25, 0.3) is 0 Å². The van der Waals surface area contributed by atoms with Gasteiger partial charge in [-0.3, -0.25) is 4.79 Å². The Bertz CT molecular complexity index is 520. The molecule has 0 N–H and O–H groups in total. The van der Waals surface area contributed by atoms with Crippen LogP contribution in [0.4, 0.5) is 0 Å². The molecule has 0 bridgehead atoms. The van der Waals surface area contributed by atoms with Gasteiger partial charge in [0.25, 0.3) is 0 Å². The van der Waals surface area contributed by atoms with Gasteiger partial charge < -0.3 is 0 Å². The average molecular weight is 315 g/mol. The van der Waals surface area contributed by atoms with Crippen LogP contribution in [-0.4, -0.2) is 13.9 Å². The summed E-state index contributed by atoms with van der Waals surface area (Å²) in [6.45, 7) is 10.9. The summed E-state index contributed by atoms with van der Waals surface area (Å²) in [6, 6.07) is 13.2. The van der Waals surface area contributed by atoms with E-state index in [-0.39, 0.29) is 5.78 Å². The van der Waals surface area contributed by atoms with Crippen molar-refractivity contribution in [1.29, 1.82) is 0 Å². The van der Waals surface area contributed by atoms with Crippen molar-refractivity contribution in [3.63, 3.8) is 0 Å². The van der Waals surface area contributed by atoms with E-state index >= 15 is 0 Å². The van der Waals surface area contributed by atoms with Crippen LogP contribution in [0.3, 0.4) is 0 Å². The van der Waals surface area contributed by atoms with E-state index in [4.69, 9.17) is 0 Å². The lowest BCUT2D eigenvalue weighted by atomic mass is 9.76. The third-order valence-corrected chi connectivity index (χ3v) is 9.99. The van der Waals surface area contributed by atoms with E-state index < -0.39 is 13.5 Å². The van der Waals surface area contributed by atoms with E-state index in [1.165, 1.54) is 18.1 Å². The van der Waals surface area contributed by atoms with Crippen molar-refractivity contribution in [2.24, 2.45) is 5.41 Å². The topological polar surface area (TPSA) is 17.1 Å². The number of hydrogen-bond acceptors (Lipinski definition) is 1.